The fraction of sp³-hybridized carbons (Fsp3) is 0.312. The molecule has 3 rings (SSSR count). The van der Waals surface area contributed by atoms with Gasteiger partial charge in [-0.15, -0.1) is 0 Å². The van der Waals surface area contributed by atoms with Gasteiger partial charge in [0, 0.05) is 30.5 Å². The SMILES string of the molecule is Cc1cc(C(C)NCc2cn3ccccc3n2)c(C)o1. The van der Waals surface area contributed by atoms with Crippen molar-refractivity contribution >= 4 is 5.65 Å². The monoisotopic (exact) mass is 269 g/mol. The lowest BCUT2D eigenvalue weighted by Crippen LogP contribution is -2.18. The van der Waals surface area contributed by atoms with E-state index < -0.39 is 0 Å². The topological polar surface area (TPSA) is 42.5 Å². The van der Waals surface area contributed by atoms with Crippen molar-refractivity contribution in [2.45, 2.75) is 33.4 Å². The molecule has 1 atom stereocenters. The Morgan fingerprint density at radius 1 is 1.35 bits per heavy atom. The molecule has 0 aliphatic heterocycles. The molecule has 0 amide bonds. The molecule has 3 heterocycles. The summed E-state index contributed by atoms with van der Waals surface area (Å²) < 4.78 is 7.61. The number of imidazole rings is 1. The Kier molecular flexibility index (Phi) is 3.32. The number of fused-ring (bicyclic) bond motifs is 1. The third-order valence-corrected chi connectivity index (χ3v) is 3.55. The van der Waals surface area contributed by atoms with Gasteiger partial charge in [-0.3, -0.25) is 0 Å². The zero-order chi connectivity index (χ0) is 14.1. The van der Waals surface area contributed by atoms with Gasteiger partial charge in [0.2, 0.25) is 0 Å². The molecule has 0 aliphatic carbocycles. The molecule has 1 N–H and O–H groups in total. The summed E-state index contributed by atoms with van der Waals surface area (Å²) in [6.45, 7) is 6.87. The number of nitrogens with one attached hydrogen (secondary N) is 1. The first-order valence-electron chi connectivity index (χ1n) is 6.86. The molecular formula is C16H19N3O. The van der Waals surface area contributed by atoms with Crippen molar-refractivity contribution in [1.82, 2.24) is 14.7 Å². The molecule has 0 fully saturated rings. The van der Waals surface area contributed by atoms with Crippen LogP contribution in [0.3, 0.4) is 0 Å². The van der Waals surface area contributed by atoms with E-state index in [4.69, 9.17) is 4.42 Å². The quantitative estimate of drug-likeness (QED) is 0.789. The summed E-state index contributed by atoms with van der Waals surface area (Å²) >= 11 is 0. The van der Waals surface area contributed by atoms with Crippen LogP contribution in [0.4, 0.5) is 0 Å². The van der Waals surface area contributed by atoms with Crippen molar-refractivity contribution < 1.29 is 4.42 Å². The third-order valence-electron chi connectivity index (χ3n) is 3.55. The summed E-state index contributed by atoms with van der Waals surface area (Å²) in [6.07, 6.45) is 4.07. The minimum absolute atomic E-state index is 0.247. The van der Waals surface area contributed by atoms with Gasteiger partial charge < -0.3 is 14.1 Å². The fourth-order valence-electron chi connectivity index (χ4n) is 2.52. The first-order valence-corrected chi connectivity index (χ1v) is 6.86. The van der Waals surface area contributed by atoms with Crippen LogP contribution >= 0.6 is 0 Å². The summed E-state index contributed by atoms with van der Waals surface area (Å²) in [4.78, 5) is 4.58. The van der Waals surface area contributed by atoms with Crippen molar-refractivity contribution in [1.29, 1.82) is 0 Å². The Bertz CT molecular complexity index is 693. The maximum Gasteiger partial charge on any atom is 0.137 e. The summed E-state index contributed by atoms with van der Waals surface area (Å²) in [7, 11) is 0. The number of hydrogen-bond donors (Lipinski definition) is 1. The van der Waals surface area contributed by atoms with Crippen LogP contribution in [-0.4, -0.2) is 9.38 Å². The van der Waals surface area contributed by atoms with Crippen molar-refractivity contribution in [3.63, 3.8) is 0 Å². The molecule has 0 aromatic carbocycles. The van der Waals surface area contributed by atoms with E-state index in [0.29, 0.717) is 0 Å². The Labute approximate surface area is 118 Å². The molecule has 0 spiro atoms. The van der Waals surface area contributed by atoms with Crippen LogP contribution in [0, 0.1) is 13.8 Å². The fourth-order valence-corrected chi connectivity index (χ4v) is 2.52. The molecule has 3 aromatic rings. The summed E-state index contributed by atoms with van der Waals surface area (Å²) in [6, 6.07) is 8.36. The van der Waals surface area contributed by atoms with Crippen molar-refractivity contribution in [3.05, 3.63) is 59.4 Å². The molecule has 4 nitrogen and oxygen atoms in total. The second-order valence-electron chi connectivity index (χ2n) is 5.17. The van der Waals surface area contributed by atoms with Crippen LogP contribution in [0.5, 0.6) is 0 Å². The van der Waals surface area contributed by atoms with Crippen molar-refractivity contribution in [2.24, 2.45) is 0 Å². The average molecular weight is 269 g/mol. The highest BCUT2D eigenvalue weighted by atomic mass is 16.3. The van der Waals surface area contributed by atoms with Gasteiger partial charge in [0.1, 0.15) is 17.2 Å². The molecule has 0 bridgehead atoms. The molecule has 0 saturated heterocycles. The second kappa shape index (κ2) is 5.13. The minimum Gasteiger partial charge on any atom is -0.466 e. The van der Waals surface area contributed by atoms with Crippen LogP contribution < -0.4 is 5.32 Å². The Hall–Kier alpha value is -2.07. The van der Waals surface area contributed by atoms with E-state index >= 15 is 0 Å². The first-order chi connectivity index (χ1) is 9.63. The molecule has 1 unspecified atom stereocenters. The van der Waals surface area contributed by atoms with Crippen molar-refractivity contribution in [2.75, 3.05) is 0 Å². The lowest BCUT2D eigenvalue weighted by Gasteiger charge is -2.11. The van der Waals surface area contributed by atoms with Crippen LogP contribution in [0.15, 0.2) is 41.1 Å². The summed E-state index contributed by atoms with van der Waals surface area (Å²) in [5.74, 6) is 1.94. The maximum atomic E-state index is 5.58. The Morgan fingerprint density at radius 2 is 2.20 bits per heavy atom. The van der Waals surface area contributed by atoms with Crippen LogP contribution in [0.1, 0.15) is 35.7 Å². The second-order valence-corrected chi connectivity index (χ2v) is 5.17. The molecule has 0 saturated carbocycles. The number of rotatable bonds is 4. The van der Waals surface area contributed by atoms with Gasteiger partial charge in [0.05, 0.1) is 5.69 Å². The Morgan fingerprint density at radius 3 is 2.90 bits per heavy atom. The standard InChI is InChI=1S/C16H19N3O/c1-11-8-15(13(3)20-11)12(2)17-9-14-10-19-7-5-4-6-16(19)18-14/h4-8,10,12,17H,9H2,1-3H3. The smallest absolute Gasteiger partial charge is 0.137 e. The number of aromatic nitrogens is 2. The predicted molar refractivity (Wildman–Crippen MR) is 78.6 cm³/mol. The molecule has 3 aromatic heterocycles. The third kappa shape index (κ3) is 2.47. The van der Waals surface area contributed by atoms with Crippen LogP contribution in [0.25, 0.3) is 5.65 Å². The van der Waals surface area contributed by atoms with Gasteiger partial charge in [-0.1, -0.05) is 6.07 Å². The van der Waals surface area contributed by atoms with Gasteiger partial charge in [0.25, 0.3) is 0 Å². The van der Waals surface area contributed by atoms with Gasteiger partial charge in [0.15, 0.2) is 0 Å². The molecule has 4 heteroatoms. The zero-order valence-electron chi connectivity index (χ0n) is 12.1. The predicted octanol–water partition coefficient (Wildman–Crippen LogP) is 3.39. The molecule has 20 heavy (non-hydrogen) atoms. The Balaban J connectivity index is 1.71. The van der Waals surface area contributed by atoms with Gasteiger partial charge in [-0.2, -0.15) is 0 Å². The summed E-state index contributed by atoms with van der Waals surface area (Å²) in [5.41, 5.74) is 3.24. The van der Waals surface area contributed by atoms with Crippen LogP contribution in [0.2, 0.25) is 0 Å². The zero-order valence-corrected chi connectivity index (χ0v) is 12.1. The van der Waals surface area contributed by atoms with E-state index in [9.17, 15) is 0 Å². The van der Waals surface area contributed by atoms with E-state index in [1.165, 1.54) is 5.56 Å². The van der Waals surface area contributed by atoms with E-state index in [-0.39, 0.29) is 6.04 Å². The molecule has 0 aliphatic rings. The molecular weight excluding hydrogens is 250 g/mol. The first kappa shape index (κ1) is 12.9. The van der Waals surface area contributed by atoms with Gasteiger partial charge >= 0.3 is 0 Å². The maximum absolute atomic E-state index is 5.58. The van der Waals surface area contributed by atoms with E-state index in [1.807, 2.05) is 42.6 Å². The lowest BCUT2D eigenvalue weighted by molar-refractivity contribution is 0.489. The number of furan rings is 1. The highest BCUT2D eigenvalue weighted by molar-refractivity contribution is 5.39. The summed E-state index contributed by atoms with van der Waals surface area (Å²) in [5, 5.41) is 3.49. The van der Waals surface area contributed by atoms with E-state index in [0.717, 1.165) is 29.4 Å². The highest BCUT2D eigenvalue weighted by Gasteiger charge is 2.12. The van der Waals surface area contributed by atoms with E-state index in [1.54, 1.807) is 0 Å². The normalized spacial score (nSPS) is 12.9. The highest BCUT2D eigenvalue weighted by Crippen LogP contribution is 2.21. The van der Waals surface area contributed by atoms with Crippen LogP contribution in [-0.2, 0) is 6.54 Å². The number of hydrogen-bond acceptors (Lipinski definition) is 3. The number of nitrogens with zero attached hydrogens (tertiary/aromatic N) is 2. The number of pyridine rings is 1. The molecule has 0 radical (unpaired) electrons. The van der Waals surface area contributed by atoms with Gasteiger partial charge in [-0.05, 0) is 39.0 Å². The van der Waals surface area contributed by atoms with Gasteiger partial charge in [-0.25, -0.2) is 4.98 Å². The average Bonchev–Trinajstić information content (AvgIpc) is 2.98. The largest absolute Gasteiger partial charge is 0.466 e. The molecule has 104 valence electrons. The van der Waals surface area contributed by atoms with E-state index in [2.05, 4.69) is 29.5 Å². The lowest BCUT2D eigenvalue weighted by atomic mass is 10.1. The minimum atomic E-state index is 0.247. The van der Waals surface area contributed by atoms with Crippen molar-refractivity contribution in [3.8, 4) is 0 Å². The number of aryl methyl sites for hydroxylation is 2.